The number of nitrogens with one attached hydrogen (secondary N) is 1. The van der Waals surface area contributed by atoms with Gasteiger partial charge in [0.2, 0.25) is 10.0 Å². The first-order valence-electron chi connectivity index (χ1n) is 5.36. The highest BCUT2D eigenvalue weighted by Gasteiger charge is 2.14. The van der Waals surface area contributed by atoms with Crippen LogP contribution in [0.15, 0.2) is 24.3 Å². The lowest BCUT2D eigenvalue weighted by atomic mass is 10.1. The molecule has 0 aliphatic heterocycles. The maximum Gasteiger partial charge on any atom is 0.212 e. The van der Waals surface area contributed by atoms with Gasteiger partial charge in [-0.2, -0.15) is 5.26 Å². The van der Waals surface area contributed by atoms with Crippen molar-refractivity contribution in [3.05, 3.63) is 35.4 Å². The molecule has 0 spiro atoms. The third kappa shape index (κ3) is 6.33. The molecule has 8 heteroatoms. The molecular formula is C11H14N2O4S2. The molecule has 104 valence electrons. The molecule has 19 heavy (non-hydrogen) atoms. The summed E-state index contributed by atoms with van der Waals surface area (Å²) >= 11 is 0. The quantitative estimate of drug-likeness (QED) is 0.798. The van der Waals surface area contributed by atoms with Gasteiger partial charge < -0.3 is 0 Å². The fraction of sp³-hybridized carbons (Fsp3) is 0.364. The Bertz CT molecular complexity index is 688. The minimum absolute atomic E-state index is 0.0294. The molecule has 1 aromatic carbocycles. The predicted molar refractivity (Wildman–Crippen MR) is 71.5 cm³/mol. The minimum Gasteiger partial charge on any atom is -0.229 e. The van der Waals surface area contributed by atoms with Crippen LogP contribution in [-0.2, 0) is 26.4 Å². The van der Waals surface area contributed by atoms with Crippen molar-refractivity contribution in [3.8, 4) is 6.07 Å². The van der Waals surface area contributed by atoms with Gasteiger partial charge in [-0.1, -0.05) is 12.1 Å². The van der Waals surface area contributed by atoms with Crippen LogP contribution in [0.25, 0.3) is 0 Å². The molecule has 6 nitrogen and oxygen atoms in total. The van der Waals surface area contributed by atoms with Crippen LogP contribution < -0.4 is 4.72 Å². The van der Waals surface area contributed by atoms with E-state index in [1.165, 1.54) is 0 Å². The van der Waals surface area contributed by atoms with Crippen molar-refractivity contribution in [2.75, 3.05) is 17.8 Å². The molecule has 0 aliphatic carbocycles. The number of nitrogens with zero attached hydrogens (tertiary/aromatic N) is 1. The van der Waals surface area contributed by atoms with E-state index in [4.69, 9.17) is 5.26 Å². The van der Waals surface area contributed by atoms with Crippen LogP contribution in [0, 0.1) is 11.3 Å². The first-order valence-corrected chi connectivity index (χ1v) is 9.07. The Kier molecular flexibility index (Phi) is 5.05. The van der Waals surface area contributed by atoms with Gasteiger partial charge in [0.15, 0.2) is 0 Å². The second kappa shape index (κ2) is 6.14. The molecule has 0 aliphatic rings. The largest absolute Gasteiger partial charge is 0.229 e. The summed E-state index contributed by atoms with van der Waals surface area (Å²) < 4.78 is 47.2. The Labute approximate surface area is 113 Å². The standard InChI is InChI=1S/C11H14N2O4S2/c1-18(14,15)5-6-19(16,17)13-9-11-4-2-3-10(7-11)8-12/h2-4,7,13H,5-6,9H2,1H3. The molecule has 0 heterocycles. The van der Waals surface area contributed by atoms with E-state index in [0.29, 0.717) is 11.1 Å². The van der Waals surface area contributed by atoms with Gasteiger partial charge in [0, 0.05) is 12.8 Å². The van der Waals surface area contributed by atoms with E-state index in [0.717, 1.165) is 6.26 Å². The minimum atomic E-state index is -3.64. The average Bonchev–Trinajstić information content (AvgIpc) is 2.34. The van der Waals surface area contributed by atoms with Crippen LogP contribution in [-0.4, -0.2) is 34.6 Å². The second-order valence-electron chi connectivity index (χ2n) is 4.08. The molecular weight excluding hydrogens is 288 g/mol. The summed E-state index contributed by atoms with van der Waals surface area (Å²) in [5.74, 6) is -0.885. The summed E-state index contributed by atoms with van der Waals surface area (Å²) in [6.07, 6.45) is 0.985. The zero-order chi connectivity index (χ0) is 14.5. The number of rotatable bonds is 6. The summed E-state index contributed by atoms with van der Waals surface area (Å²) in [6.45, 7) is 0.0294. The number of hydrogen-bond acceptors (Lipinski definition) is 5. The summed E-state index contributed by atoms with van der Waals surface area (Å²) in [6, 6.07) is 8.47. The first kappa shape index (κ1) is 15.6. The molecule has 0 radical (unpaired) electrons. The van der Waals surface area contributed by atoms with Crippen molar-refractivity contribution in [2.24, 2.45) is 0 Å². The fourth-order valence-electron chi connectivity index (χ4n) is 1.28. The van der Waals surface area contributed by atoms with Gasteiger partial charge in [-0.25, -0.2) is 21.6 Å². The van der Waals surface area contributed by atoms with Crippen LogP contribution in [0.3, 0.4) is 0 Å². The lowest BCUT2D eigenvalue weighted by Gasteiger charge is -2.06. The molecule has 0 bridgehead atoms. The Morgan fingerprint density at radius 1 is 1.21 bits per heavy atom. The van der Waals surface area contributed by atoms with Gasteiger partial charge in [0.25, 0.3) is 0 Å². The van der Waals surface area contributed by atoms with E-state index in [2.05, 4.69) is 4.72 Å². The van der Waals surface area contributed by atoms with Crippen molar-refractivity contribution in [2.45, 2.75) is 6.54 Å². The van der Waals surface area contributed by atoms with E-state index < -0.39 is 31.4 Å². The topological polar surface area (TPSA) is 104 Å². The Morgan fingerprint density at radius 3 is 2.47 bits per heavy atom. The molecule has 0 saturated heterocycles. The molecule has 0 unspecified atom stereocenters. The van der Waals surface area contributed by atoms with Gasteiger partial charge in [-0.15, -0.1) is 0 Å². The zero-order valence-corrected chi connectivity index (χ0v) is 12.0. The highest BCUT2D eigenvalue weighted by Crippen LogP contribution is 2.04. The second-order valence-corrected chi connectivity index (χ2v) is 8.27. The van der Waals surface area contributed by atoms with Crippen LogP contribution in [0.2, 0.25) is 0 Å². The summed E-state index contributed by atoms with van der Waals surface area (Å²) in [4.78, 5) is 0. The summed E-state index contributed by atoms with van der Waals surface area (Å²) in [5.41, 5.74) is 1.08. The SMILES string of the molecule is CS(=O)(=O)CCS(=O)(=O)NCc1cccc(C#N)c1. The van der Waals surface area contributed by atoms with Gasteiger partial charge in [-0.3, -0.25) is 0 Å². The third-order valence-corrected chi connectivity index (χ3v) is 4.81. The Balaban J connectivity index is 2.63. The van der Waals surface area contributed by atoms with Crippen molar-refractivity contribution in [3.63, 3.8) is 0 Å². The van der Waals surface area contributed by atoms with Crippen molar-refractivity contribution in [1.82, 2.24) is 4.72 Å². The van der Waals surface area contributed by atoms with Crippen LogP contribution >= 0.6 is 0 Å². The number of nitriles is 1. The van der Waals surface area contributed by atoms with Crippen LogP contribution in [0.4, 0.5) is 0 Å². The van der Waals surface area contributed by atoms with E-state index in [-0.39, 0.29) is 6.54 Å². The number of benzene rings is 1. The van der Waals surface area contributed by atoms with Gasteiger partial charge in [0.1, 0.15) is 9.84 Å². The number of hydrogen-bond donors (Lipinski definition) is 1. The number of sulfonamides is 1. The fourth-order valence-corrected chi connectivity index (χ4v) is 3.90. The summed E-state index contributed by atoms with van der Waals surface area (Å²) in [5, 5.41) is 8.71. The van der Waals surface area contributed by atoms with Crippen molar-refractivity contribution >= 4 is 19.9 Å². The lowest BCUT2D eigenvalue weighted by molar-refractivity contribution is 0.579. The molecule has 1 rings (SSSR count). The van der Waals surface area contributed by atoms with Gasteiger partial charge in [0.05, 0.1) is 23.1 Å². The molecule has 1 N–H and O–H groups in total. The maximum absolute atomic E-state index is 11.6. The number of sulfone groups is 1. The summed E-state index contributed by atoms with van der Waals surface area (Å²) in [7, 11) is -6.96. The van der Waals surface area contributed by atoms with Gasteiger partial charge >= 0.3 is 0 Å². The predicted octanol–water partition coefficient (Wildman–Crippen LogP) is 0.0223. The van der Waals surface area contributed by atoms with Gasteiger partial charge in [-0.05, 0) is 17.7 Å². The zero-order valence-electron chi connectivity index (χ0n) is 10.3. The molecule has 0 saturated carbocycles. The molecule has 0 amide bonds. The molecule has 0 fully saturated rings. The monoisotopic (exact) mass is 302 g/mol. The molecule has 0 aromatic heterocycles. The highest BCUT2D eigenvalue weighted by molar-refractivity contribution is 7.93. The van der Waals surface area contributed by atoms with Crippen molar-refractivity contribution < 1.29 is 16.8 Å². The van der Waals surface area contributed by atoms with E-state index in [1.807, 2.05) is 6.07 Å². The van der Waals surface area contributed by atoms with Crippen LogP contribution in [0.1, 0.15) is 11.1 Å². The van der Waals surface area contributed by atoms with E-state index in [9.17, 15) is 16.8 Å². The smallest absolute Gasteiger partial charge is 0.212 e. The Morgan fingerprint density at radius 2 is 1.89 bits per heavy atom. The first-order chi connectivity index (χ1) is 8.72. The van der Waals surface area contributed by atoms with Crippen LogP contribution in [0.5, 0.6) is 0 Å². The maximum atomic E-state index is 11.6. The normalized spacial score (nSPS) is 12.0. The Hall–Kier alpha value is -1.43. The molecule has 0 atom stereocenters. The average molecular weight is 302 g/mol. The molecule has 1 aromatic rings. The highest BCUT2D eigenvalue weighted by atomic mass is 32.2. The van der Waals surface area contributed by atoms with Crippen molar-refractivity contribution in [1.29, 1.82) is 5.26 Å². The third-order valence-electron chi connectivity index (χ3n) is 2.28. The lowest BCUT2D eigenvalue weighted by Crippen LogP contribution is -2.29. The van der Waals surface area contributed by atoms with E-state index >= 15 is 0 Å². The van der Waals surface area contributed by atoms with E-state index in [1.54, 1.807) is 24.3 Å².